The highest BCUT2D eigenvalue weighted by atomic mass is 16.5. The molecule has 1 heterocycles. The van der Waals surface area contributed by atoms with Gasteiger partial charge >= 0.3 is 6.03 Å². The average Bonchev–Trinajstić information content (AvgIpc) is 3.27. The van der Waals surface area contributed by atoms with Crippen molar-refractivity contribution in [2.45, 2.75) is 51.3 Å². The van der Waals surface area contributed by atoms with Crippen LogP contribution in [0.3, 0.4) is 0 Å². The van der Waals surface area contributed by atoms with Crippen LogP contribution in [0, 0.1) is 5.92 Å². The molecule has 4 heteroatoms. The fourth-order valence-corrected chi connectivity index (χ4v) is 3.12. The molecule has 0 radical (unpaired) electrons. The Morgan fingerprint density at radius 3 is 2.73 bits per heavy atom. The molecule has 3 rings (SSSR count). The Hall–Kier alpha value is -1.55. The van der Waals surface area contributed by atoms with E-state index in [2.05, 4.69) is 24.4 Å². The first-order chi connectivity index (χ1) is 10.7. The molecule has 120 valence electrons. The molecule has 2 fully saturated rings. The zero-order chi connectivity index (χ0) is 15.4. The minimum Gasteiger partial charge on any atom is -0.376 e. The second-order valence-electron chi connectivity index (χ2n) is 6.51. The van der Waals surface area contributed by atoms with Crippen molar-refractivity contribution >= 4 is 6.03 Å². The van der Waals surface area contributed by atoms with E-state index in [0.717, 1.165) is 19.4 Å². The number of benzene rings is 1. The standard InChI is InChI=1S/C18H26N2O2/c1-14(16-9-10-16)20(13-15-6-3-2-4-7-15)18(21)19-12-17-8-5-11-22-17/h2-4,6-7,14,16-17H,5,8-13H2,1H3,(H,19,21). The molecule has 1 N–H and O–H groups in total. The molecule has 1 aromatic rings. The molecule has 0 aromatic heterocycles. The second kappa shape index (κ2) is 7.14. The summed E-state index contributed by atoms with van der Waals surface area (Å²) in [7, 11) is 0. The third kappa shape index (κ3) is 4.01. The van der Waals surface area contributed by atoms with Gasteiger partial charge in [0.15, 0.2) is 0 Å². The topological polar surface area (TPSA) is 41.6 Å². The van der Waals surface area contributed by atoms with E-state index in [-0.39, 0.29) is 12.1 Å². The van der Waals surface area contributed by atoms with E-state index >= 15 is 0 Å². The van der Waals surface area contributed by atoms with Crippen molar-refractivity contribution in [1.82, 2.24) is 10.2 Å². The molecule has 2 amide bonds. The molecule has 22 heavy (non-hydrogen) atoms. The second-order valence-corrected chi connectivity index (χ2v) is 6.51. The van der Waals surface area contributed by atoms with E-state index in [1.807, 2.05) is 23.1 Å². The van der Waals surface area contributed by atoms with E-state index in [0.29, 0.717) is 25.0 Å². The van der Waals surface area contributed by atoms with Crippen molar-refractivity contribution in [2.75, 3.05) is 13.2 Å². The van der Waals surface area contributed by atoms with Gasteiger partial charge < -0.3 is 15.0 Å². The van der Waals surface area contributed by atoms with E-state index < -0.39 is 0 Å². The Bertz CT molecular complexity index is 481. The summed E-state index contributed by atoms with van der Waals surface area (Å²) in [6, 6.07) is 10.6. The molecule has 1 saturated heterocycles. The van der Waals surface area contributed by atoms with Crippen LogP contribution in [0.4, 0.5) is 4.79 Å². The van der Waals surface area contributed by atoms with Crippen molar-refractivity contribution in [3.05, 3.63) is 35.9 Å². The minimum absolute atomic E-state index is 0.0405. The number of carbonyl (C=O) groups is 1. The van der Waals surface area contributed by atoms with Crippen LogP contribution in [0.5, 0.6) is 0 Å². The molecule has 1 saturated carbocycles. The zero-order valence-electron chi connectivity index (χ0n) is 13.3. The van der Waals surface area contributed by atoms with Crippen LogP contribution >= 0.6 is 0 Å². The normalized spacial score (nSPS) is 22.3. The smallest absolute Gasteiger partial charge is 0.318 e. The van der Waals surface area contributed by atoms with Gasteiger partial charge in [-0.25, -0.2) is 4.79 Å². The van der Waals surface area contributed by atoms with Crippen LogP contribution < -0.4 is 5.32 Å². The van der Waals surface area contributed by atoms with Crippen molar-refractivity contribution in [1.29, 1.82) is 0 Å². The van der Waals surface area contributed by atoms with Gasteiger partial charge in [0.1, 0.15) is 0 Å². The van der Waals surface area contributed by atoms with Crippen LogP contribution in [0.1, 0.15) is 38.2 Å². The number of carbonyl (C=O) groups excluding carboxylic acids is 1. The average molecular weight is 302 g/mol. The van der Waals surface area contributed by atoms with Gasteiger partial charge in [-0.3, -0.25) is 0 Å². The maximum absolute atomic E-state index is 12.6. The van der Waals surface area contributed by atoms with Gasteiger partial charge in [0.25, 0.3) is 0 Å². The summed E-state index contributed by atoms with van der Waals surface area (Å²) >= 11 is 0. The predicted molar refractivity (Wildman–Crippen MR) is 86.5 cm³/mol. The fourth-order valence-electron chi connectivity index (χ4n) is 3.12. The highest BCUT2D eigenvalue weighted by Crippen LogP contribution is 2.35. The van der Waals surface area contributed by atoms with Crippen molar-refractivity contribution in [2.24, 2.45) is 5.92 Å². The number of ether oxygens (including phenoxy) is 1. The first kappa shape index (κ1) is 15.3. The fraction of sp³-hybridized carbons (Fsp3) is 0.611. The maximum atomic E-state index is 12.6. The van der Waals surface area contributed by atoms with Crippen LogP contribution in [-0.2, 0) is 11.3 Å². The first-order valence-corrected chi connectivity index (χ1v) is 8.44. The number of nitrogens with one attached hydrogen (secondary N) is 1. The summed E-state index contributed by atoms with van der Waals surface area (Å²) in [5, 5.41) is 3.07. The molecule has 4 nitrogen and oxygen atoms in total. The molecular formula is C18H26N2O2. The first-order valence-electron chi connectivity index (χ1n) is 8.44. The Kier molecular flexibility index (Phi) is 4.98. The lowest BCUT2D eigenvalue weighted by Crippen LogP contribution is -2.47. The lowest BCUT2D eigenvalue weighted by molar-refractivity contribution is 0.106. The van der Waals surface area contributed by atoms with Crippen LogP contribution in [0.25, 0.3) is 0 Å². The zero-order valence-corrected chi connectivity index (χ0v) is 13.3. The van der Waals surface area contributed by atoms with E-state index in [9.17, 15) is 4.79 Å². The summed E-state index contributed by atoms with van der Waals surface area (Å²) < 4.78 is 5.59. The van der Waals surface area contributed by atoms with Gasteiger partial charge in [0, 0.05) is 25.7 Å². The Labute approximate surface area is 132 Å². The molecule has 0 bridgehead atoms. The maximum Gasteiger partial charge on any atom is 0.318 e. The van der Waals surface area contributed by atoms with Crippen LogP contribution in [0.2, 0.25) is 0 Å². The lowest BCUT2D eigenvalue weighted by atomic mass is 10.1. The third-order valence-corrected chi connectivity index (χ3v) is 4.76. The van der Waals surface area contributed by atoms with Gasteiger partial charge in [-0.15, -0.1) is 0 Å². The Morgan fingerprint density at radius 2 is 2.09 bits per heavy atom. The summed E-state index contributed by atoms with van der Waals surface area (Å²) in [5.41, 5.74) is 1.18. The lowest BCUT2D eigenvalue weighted by Gasteiger charge is -2.30. The monoisotopic (exact) mass is 302 g/mol. The van der Waals surface area contributed by atoms with Gasteiger partial charge in [-0.05, 0) is 44.1 Å². The highest BCUT2D eigenvalue weighted by molar-refractivity contribution is 5.74. The van der Waals surface area contributed by atoms with E-state index in [4.69, 9.17) is 4.74 Å². The van der Waals surface area contributed by atoms with Crippen molar-refractivity contribution in [3.63, 3.8) is 0 Å². The van der Waals surface area contributed by atoms with E-state index in [1.54, 1.807) is 0 Å². The van der Waals surface area contributed by atoms with Crippen molar-refractivity contribution < 1.29 is 9.53 Å². The summed E-state index contributed by atoms with van der Waals surface area (Å²) in [5.74, 6) is 0.664. The summed E-state index contributed by atoms with van der Waals surface area (Å²) in [4.78, 5) is 14.6. The van der Waals surface area contributed by atoms with Crippen LogP contribution in [-0.4, -0.2) is 36.2 Å². The van der Waals surface area contributed by atoms with Gasteiger partial charge in [0.05, 0.1) is 6.10 Å². The number of urea groups is 1. The molecule has 2 unspecified atom stereocenters. The molecule has 1 aromatic carbocycles. The number of rotatable bonds is 6. The molecular weight excluding hydrogens is 276 g/mol. The number of hydrogen-bond donors (Lipinski definition) is 1. The SMILES string of the molecule is CC(C1CC1)N(Cc1ccccc1)C(=O)NCC1CCCO1. The molecule has 1 aliphatic heterocycles. The molecule has 0 spiro atoms. The number of hydrogen-bond acceptors (Lipinski definition) is 2. The third-order valence-electron chi connectivity index (χ3n) is 4.76. The molecule has 2 atom stereocenters. The predicted octanol–water partition coefficient (Wildman–Crippen LogP) is 3.18. The summed E-state index contributed by atoms with van der Waals surface area (Å²) in [6.07, 6.45) is 4.83. The van der Waals surface area contributed by atoms with Crippen LogP contribution in [0.15, 0.2) is 30.3 Å². The largest absolute Gasteiger partial charge is 0.376 e. The minimum atomic E-state index is 0.0405. The Morgan fingerprint density at radius 1 is 1.32 bits per heavy atom. The van der Waals surface area contributed by atoms with Crippen molar-refractivity contribution in [3.8, 4) is 0 Å². The van der Waals surface area contributed by atoms with Gasteiger partial charge in [-0.1, -0.05) is 30.3 Å². The van der Waals surface area contributed by atoms with E-state index in [1.165, 1.54) is 18.4 Å². The summed E-state index contributed by atoms with van der Waals surface area (Å²) in [6.45, 7) is 4.30. The van der Waals surface area contributed by atoms with Gasteiger partial charge in [0.2, 0.25) is 0 Å². The number of amides is 2. The quantitative estimate of drug-likeness (QED) is 0.877. The van der Waals surface area contributed by atoms with Gasteiger partial charge in [-0.2, -0.15) is 0 Å². The Balaban J connectivity index is 1.60. The molecule has 1 aliphatic carbocycles. The molecule has 2 aliphatic rings. The highest BCUT2D eigenvalue weighted by Gasteiger charge is 2.34. The number of nitrogens with zero attached hydrogens (tertiary/aromatic N) is 1.